The van der Waals surface area contributed by atoms with E-state index in [4.69, 9.17) is 11.6 Å². The molecule has 0 aliphatic heterocycles. The second-order valence-corrected chi connectivity index (χ2v) is 8.46. The number of rotatable bonds is 3. The van der Waals surface area contributed by atoms with Crippen LogP contribution in [0.1, 0.15) is 18.9 Å². The van der Waals surface area contributed by atoms with Crippen molar-refractivity contribution in [3.63, 3.8) is 0 Å². The van der Waals surface area contributed by atoms with Crippen molar-refractivity contribution in [2.45, 2.75) is 24.0 Å². The number of benzene rings is 1. The molecule has 1 saturated carbocycles. The summed E-state index contributed by atoms with van der Waals surface area (Å²) in [4.78, 5) is 21.2. The van der Waals surface area contributed by atoms with Crippen molar-refractivity contribution < 1.29 is 8.42 Å². The van der Waals surface area contributed by atoms with Crippen molar-refractivity contribution in [2.75, 3.05) is 6.26 Å². The van der Waals surface area contributed by atoms with E-state index in [2.05, 4.69) is 9.97 Å². The van der Waals surface area contributed by atoms with Crippen LogP contribution in [0.5, 0.6) is 0 Å². The van der Waals surface area contributed by atoms with Crippen molar-refractivity contribution in [2.24, 2.45) is 0 Å². The van der Waals surface area contributed by atoms with Crippen LogP contribution in [0.25, 0.3) is 22.2 Å². The summed E-state index contributed by atoms with van der Waals surface area (Å²) in [5.74, 6) is 0. The van der Waals surface area contributed by atoms with Crippen molar-refractivity contribution in [1.29, 1.82) is 0 Å². The largest absolute Gasteiger partial charge is 0.289 e. The van der Waals surface area contributed by atoms with Crippen LogP contribution in [0.2, 0.25) is 5.02 Å². The lowest BCUT2D eigenvalue weighted by Crippen LogP contribution is -2.23. The Kier molecular flexibility index (Phi) is 3.66. The van der Waals surface area contributed by atoms with Gasteiger partial charge in [0.15, 0.2) is 0 Å². The van der Waals surface area contributed by atoms with Crippen molar-refractivity contribution in [3.8, 4) is 11.1 Å². The Labute approximate surface area is 149 Å². The fourth-order valence-electron chi connectivity index (χ4n) is 2.83. The summed E-state index contributed by atoms with van der Waals surface area (Å²) in [5, 5.41) is 0.808. The Morgan fingerprint density at radius 3 is 2.56 bits per heavy atom. The monoisotopic (exact) mass is 375 g/mol. The van der Waals surface area contributed by atoms with Gasteiger partial charge in [-0.25, -0.2) is 13.4 Å². The summed E-state index contributed by atoms with van der Waals surface area (Å²) in [7, 11) is -3.56. The summed E-state index contributed by atoms with van der Waals surface area (Å²) in [6, 6.07) is 8.83. The van der Waals surface area contributed by atoms with Gasteiger partial charge in [-0.05, 0) is 25.0 Å². The number of fused-ring (bicyclic) bond motifs is 1. The summed E-state index contributed by atoms with van der Waals surface area (Å²) < 4.78 is 25.1. The first kappa shape index (κ1) is 16.2. The molecule has 0 atom stereocenters. The lowest BCUT2D eigenvalue weighted by molar-refractivity contribution is 0.592. The Hall–Kier alpha value is -2.25. The summed E-state index contributed by atoms with van der Waals surface area (Å²) >= 11 is 6.26. The van der Waals surface area contributed by atoms with Crippen LogP contribution < -0.4 is 5.56 Å². The first-order chi connectivity index (χ1) is 11.9. The standard InChI is InChI=1S/C17H14ClN3O3S/c1-25(23,24)17-19-9-10-8-13(12-4-2-3-5-14(12)18)16(22)21(11-6-7-11)15(10)20-17/h2-5,8-9,11H,6-7H2,1H3. The molecule has 0 N–H and O–H groups in total. The van der Waals surface area contributed by atoms with E-state index in [1.54, 1.807) is 28.8 Å². The van der Waals surface area contributed by atoms with Crippen LogP contribution in [0.4, 0.5) is 0 Å². The Morgan fingerprint density at radius 1 is 1.20 bits per heavy atom. The van der Waals surface area contributed by atoms with Gasteiger partial charge < -0.3 is 0 Å². The predicted octanol–water partition coefficient (Wildman–Crippen LogP) is 2.85. The molecule has 6 nitrogen and oxygen atoms in total. The fraction of sp³-hybridized carbons (Fsp3) is 0.235. The highest BCUT2D eigenvalue weighted by atomic mass is 35.5. The first-order valence-corrected chi connectivity index (χ1v) is 10.0. The van der Waals surface area contributed by atoms with Crippen LogP contribution >= 0.6 is 11.6 Å². The molecule has 3 aromatic rings. The van der Waals surface area contributed by atoms with E-state index < -0.39 is 9.84 Å². The molecule has 1 fully saturated rings. The Balaban J connectivity index is 2.07. The van der Waals surface area contributed by atoms with Crippen LogP contribution in [0.3, 0.4) is 0 Å². The molecule has 0 saturated heterocycles. The van der Waals surface area contributed by atoms with E-state index in [0.29, 0.717) is 27.2 Å². The highest BCUT2D eigenvalue weighted by Gasteiger charge is 2.29. The molecule has 0 amide bonds. The molecule has 0 spiro atoms. The molecule has 2 aromatic heterocycles. The van der Waals surface area contributed by atoms with Gasteiger partial charge in [0.25, 0.3) is 5.56 Å². The van der Waals surface area contributed by atoms with Crippen molar-refractivity contribution in [3.05, 3.63) is 51.9 Å². The molecule has 0 radical (unpaired) electrons. The highest BCUT2D eigenvalue weighted by Crippen LogP contribution is 2.37. The van der Waals surface area contributed by atoms with Gasteiger partial charge in [-0.3, -0.25) is 9.36 Å². The maximum atomic E-state index is 13.1. The fourth-order valence-corrected chi connectivity index (χ4v) is 3.56. The van der Waals surface area contributed by atoms with Crippen molar-refractivity contribution in [1.82, 2.24) is 14.5 Å². The molecular weight excluding hydrogens is 362 g/mol. The van der Waals surface area contributed by atoms with Gasteiger partial charge >= 0.3 is 0 Å². The maximum Gasteiger partial charge on any atom is 0.260 e. The van der Waals surface area contributed by atoms with Gasteiger partial charge in [-0.15, -0.1) is 0 Å². The molecule has 2 heterocycles. The highest BCUT2D eigenvalue weighted by molar-refractivity contribution is 7.90. The van der Waals surface area contributed by atoms with E-state index in [1.807, 2.05) is 6.07 Å². The van der Waals surface area contributed by atoms with Gasteiger partial charge in [-0.1, -0.05) is 29.8 Å². The van der Waals surface area contributed by atoms with E-state index in [0.717, 1.165) is 19.1 Å². The topological polar surface area (TPSA) is 81.9 Å². The smallest absolute Gasteiger partial charge is 0.260 e. The van der Waals surface area contributed by atoms with Gasteiger partial charge in [0.2, 0.25) is 15.0 Å². The van der Waals surface area contributed by atoms with E-state index in [9.17, 15) is 13.2 Å². The molecular formula is C17H14ClN3O3S. The van der Waals surface area contributed by atoms with Crippen molar-refractivity contribution >= 4 is 32.5 Å². The minimum Gasteiger partial charge on any atom is -0.289 e. The SMILES string of the molecule is CS(=O)(=O)c1ncc2cc(-c3ccccc3Cl)c(=O)n(C3CC3)c2n1. The zero-order valence-electron chi connectivity index (χ0n) is 13.3. The van der Waals surface area contributed by atoms with Gasteiger partial charge in [0, 0.05) is 40.0 Å². The summed E-state index contributed by atoms with van der Waals surface area (Å²) in [6.45, 7) is 0. The van der Waals surface area contributed by atoms with Crippen LogP contribution in [-0.4, -0.2) is 29.2 Å². The third-order valence-corrected chi connectivity index (χ3v) is 5.35. The molecule has 25 heavy (non-hydrogen) atoms. The van der Waals surface area contributed by atoms with Gasteiger partial charge in [-0.2, -0.15) is 4.98 Å². The predicted molar refractivity (Wildman–Crippen MR) is 95.6 cm³/mol. The number of pyridine rings is 1. The third-order valence-electron chi connectivity index (χ3n) is 4.16. The van der Waals surface area contributed by atoms with Crippen LogP contribution in [-0.2, 0) is 9.84 Å². The minimum atomic E-state index is -3.56. The number of hydrogen-bond donors (Lipinski definition) is 0. The summed E-state index contributed by atoms with van der Waals surface area (Å²) in [5.41, 5.74) is 1.22. The maximum absolute atomic E-state index is 13.1. The zero-order chi connectivity index (χ0) is 17.8. The average molecular weight is 376 g/mol. The Morgan fingerprint density at radius 2 is 1.92 bits per heavy atom. The second-order valence-electron chi connectivity index (χ2n) is 6.15. The quantitative estimate of drug-likeness (QED) is 0.657. The van der Waals surface area contributed by atoms with Gasteiger partial charge in [0.1, 0.15) is 5.65 Å². The zero-order valence-corrected chi connectivity index (χ0v) is 14.9. The molecule has 0 unspecified atom stereocenters. The normalized spacial score (nSPS) is 14.8. The molecule has 0 bridgehead atoms. The first-order valence-electron chi connectivity index (χ1n) is 7.73. The molecule has 128 valence electrons. The Bertz CT molecular complexity index is 1170. The number of nitrogens with zero attached hydrogens (tertiary/aromatic N) is 3. The van der Waals surface area contributed by atoms with Crippen LogP contribution in [0, 0.1) is 0 Å². The second kappa shape index (κ2) is 5.64. The number of sulfone groups is 1. The van der Waals surface area contributed by atoms with Gasteiger partial charge in [0.05, 0.1) is 0 Å². The lowest BCUT2D eigenvalue weighted by atomic mass is 10.1. The van der Waals surface area contributed by atoms with E-state index in [-0.39, 0.29) is 16.8 Å². The lowest BCUT2D eigenvalue weighted by Gasteiger charge is -2.12. The van der Waals surface area contributed by atoms with E-state index in [1.165, 1.54) is 6.20 Å². The van der Waals surface area contributed by atoms with Crippen LogP contribution in [0.15, 0.2) is 46.5 Å². The molecule has 1 aromatic carbocycles. The van der Waals surface area contributed by atoms with E-state index >= 15 is 0 Å². The number of aromatic nitrogens is 3. The minimum absolute atomic E-state index is 0.0275. The number of hydrogen-bond acceptors (Lipinski definition) is 5. The molecule has 8 heteroatoms. The molecule has 1 aliphatic rings. The molecule has 1 aliphatic carbocycles. The summed E-state index contributed by atoms with van der Waals surface area (Å²) in [6.07, 6.45) is 4.21. The number of halogens is 1. The molecule has 4 rings (SSSR count). The average Bonchev–Trinajstić information content (AvgIpc) is 3.38. The third kappa shape index (κ3) is 2.83.